The molecule has 0 bridgehead atoms. The molecule has 1 heterocycles. The highest BCUT2D eigenvalue weighted by Gasteiger charge is 2.37. The maximum Gasteiger partial charge on any atom is 0.213 e. The first kappa shape index (κ1) is 14.1. The summed E-state index contributed by atoms with van der Waals surface area (Å²) in [7, 11) is 1.59. The number of benzene rings is 1. The van der Waals surface area contributed by atoms with E-state index < -0.39 is 9.83 Å². The van der Waals surface area contributed by atoms with Crippen LogP contribution in [0.5, 0.6) is 0 Å². The molecule has 0 aliphatic heterocycles. The number of fused-ring (bicyclic) bond motifs is 1. The molecule has 1 aromatic heterocycles. The Balaban J connectivity index is 2.37. The van der Waals surface area contributed by atoms with E-state index in [9.17, 15) is 4.79 Å². The zero-order chi connectivity index (χ0) is 13.3. The quantitative estimate of drug-likeness (QED) is 0.682. The summed E-state index contributed by atoms with van der Waals surface area (Å²) in [6, 6.07) is 6.60. The van der Waals surface area contributed by atoms with Crippen LogP contribution < -0.4 is 5.32 Å². The number of hydrogen-bond donors (Lipinski definition) is 1. The molecule has 2 nitrogen and oxygen atoms in total. The number of rotatable bonds is 3. The molecule has 2 aromatic rings. The third-order valence-electron chi connectivity index (χ3n) is 2.62. The lowest BCUT2D eigenvalue weighted by molar-refractivity contribution is 0.0949. The molecule has 0 spiro atoms. The summed E-state index contributed by atoms with van der Waals surface area (Å²) in [5.74, 6) is -0.229. The zero-order valence-corrected chi connectivity index (χ0v) is 12.5. The molecule has 96 valence electrons. The second-order valence-corrected chi connectivity index (χ2v) is 7.12. The minimum atomic E-state index is -1.67. The highest BCUT2D eigenvalue weighted by atomic mass is 35.6. The van der Waals surface area contributed by atoms with Gasteiger partial charge in [0.05, 0.1) is 0 Å². The van der Waals surface area contributed by atoms with Gasteiger partial charge in [0.25, 0.3) is 0 Å². The second-order valence-electron chi connectivity index (χ2n) is 3.80. The molecule has 1 unspecified atom stereocenters. The molecule has 1 atom stereocenters. The molecule has 6 heteroatoms. The van der Waals surface area contributed by atoms with Crippen LogP contribution in [0, 0.1) is 0 Å². The molecule has 2 rings (SSSR count). The maximum absolute atomic E-state index is 12.3. The van der Waals surface area contributed by atoms with Crippen LogP contribution in [0.15, 0.2) is 29.6 Å². The minimum absolute atomic E-state index is 0.229. The van der Waals surface area contributed by atoms with E-state index in [1.54, 1.807) is 24.5 Å². The highest BCUT2D eigenvalue weighted by molar-refractivity contribution is 7.17. The maximum atomic E-state index is 12.3. The summed E-state index contributed by atoms with van der Waals surface area (Å²) in [4.78, 5) is 12.3. The van der Waals surface area contributed by atoms with Gasteiger partial charge in [-0.3, -0.25) is 4.79 Å². The topological polar surface area (TPSA) is 29.1 Å². The van der Waals surface area contributed by atoms with Crippen molar-refractivity contribution < 1.29 is 4.79 Å². The first-order chi connectivity index (χ1) is 8.43. The monoisotopic (exact) mass is 321 g/mol. The number of alkyl halides is 3. The fourth-order valence-corrected chi connectivity index (χ4v) is 3.17. The Morgan fingerprint density at radius 2 is 2.06 bits per heavy atom. The Bertz CT molecular complexity index is 576. The van der Waals surface area contributed by atoms with Crippen molar-refractivity contribution in [3.63, 3.8) is 0 Å². The summed E-state index contributed by atoms with van der Waals surface area (Å²) in [5, 5.41) is 5.82. The number of hydrogen-bond acceptors (Lipinski definition) is 3. The van der Waals surface area contributed by atoms with E-state index in [1.807, 2.05) is 23.6 Å². The molecular weight excluding hydrogens is 313 g/mol. The van der Waals surface area contributed by atoms with Crippen LogP contribution in [0.4, 0.5) is 0 Å². The standard InChI is InChI=1S/C12H10Cl3NOS/c1-16-11(12(13,14)15)10(17)8-3-2-7-4-5-18-9(7)6-8/h2-6,11,16H,1H3. The van der Waals surface area contributed by atoms with Crippen molar-refractivity contribution in [1.82, 2.24) is 5.32 Å². The van der Waals surface area contributed by atoms with Crippen LogP contribution in [-0.4, -0.2) is 22.7 Å². The highest BCUT2D eigenvalue weighted by Crippen LogP contribution is 2.32. The van der Waals surface area contributed by atoms with Crippen molar-refractivity contribution in [3.05, 3.63) is 35.2 Å². The molecule has 1 N–H and O–H groups in total. The van der Waals surface area contributed by atoms with Gasteiger partial charge in [0.2, 0.25) is 3.79 Å². The largest absolute Gasteiger partial charge is 0.307 e. The van der Waals surface area contributed by atoms with E-state index in [0.29, 0.717) is 5.56 Å². The molecule has 0 aliphatic rings. The average molecular weight is 323 g/mol. The SMILES string of the molecule is CNC(C(=O)c1ccc2ccsc2c1)C(Cl)(Cl)Cl. The Labute approximate surface area is 124 Å². The first-order valence-corrected chi connectivity index (χ1v) is 7.20. The molecule has 0 aliphatic carbocycles. The fraction of sp³-hybridized carbons (Fsp3) is 0.250. The van der Waals surface area contributed by atoms with E-state index >= 15 is 0 Å². The lowest BCUT2D eigenvalue weighted by Gasteiger charge is -2.22. The Morgan fingerprint density at radius 3 is 2.67 bits per heavy atom. The number of carbonyl (C=O) groups is 1. The summed E-state index contributed by atoms with van der Waals surface area (Å²) in [6.07, 6.45) is 0. The van der Waals surface area contributed by atoms with Gasteiger partial charge < -0.3 is 5.32 Å². The van der Waals surface area contributed by atoms with Gasteiger partial charge in [-0.05, 0) is 29.9 Å². The first-order valence-electron chi connectivity index (χ1n) is 5.19. The molecular formula is C12H10Cl3NOS. The van der Waals surface area contributed by atoms with Crippen molar-refractivity contribution in [2.75, 3.05) is 7.05 Å². The van der Waals surface area contributed by atoms with Crippen molar-refractivity contribution >= 4 is 62.0 Å². The number of halogens is 3. The summed E-state index contributed by atoms with van der Waals surface area (Å²) in [5.41, 5.74) is 0.538. The van der Waals surface area contributed by atoms with Gasteiger partial charge in [0.15, 0.2) is 5.78 Å². The van der Waals surface area contributed by atoms with Gasteiger partial charge in [0.1, 0.15) is 6.04 Å². The number of Topliss-reactive ketones (excluding diaryl/α,β-unsaturated/α-hetero) is 1. The summed E-state index contributed by atoms with van der Waals surface area (Å²) in [6.45, 7) is 0. The van der Waals surface area contributed by atoms with Crippen molar-refractivity contribution in [2.45, 2.75) is 9.83 Å². The minimum Gasteiger partial charge on any atom is -0.307 e. The molecule has 0 fully saturated rings. The zero-order valence-electron chi connectivity index (χ0n) is 9.41. The molecule has 0 radical (unpaired) electrons. The number of thiophene rings is 1. The molecule has 0 saturated carbocycles. The molecule has 1 aromatic carbocycles. The Hall–Kier alpha value is -0.320. The smallest absolute Gasteiger partial charge is 0.213 e. The van der Waals surface area contributed by atoms with E-state index in [4.69, 9.17) is 34.8 Å². The van der Waals surface area contributed by atoms with Crippen molar-refractivity contribution in [2.24, 2.45) is 0 Å². The van der Waals surface area contributed by atoms with Gasteiger partial charge in [-0.2, -0.15) is 0 Å². The molecule has 18 heavy (non-hydrogen) atoms. The predicted molar refractivity (Wildman–Crippen MR) is 79.3 cm³/mol. The summed E-state index contributed by atoms with van der Waals surface area (Å²) < 4.78 is -0.629. The molecule has 0 amide bonds. The van der Waals surface area contributed by atoms with Gasteiger partial charge in [-0.25, -0.2) is 0 Å². The second kappa shape index (κ2) is 5.35. The lowest BCUT2D eigenvalue weighted by atomic mass is 10.0. The van der Waals surface area contributed by atoms with E-state index in [1.165, 1.54) is 0 Å². The van der Waals surface area contributed by atoms with Crippen LogP contribution in [0.3, 0.4) is 0 Å². The third-order valence-corrected chi connectivity index (χ3v) is 4.15. The van der Waals surface area contributed by atoms with Crippen LogP contribution >= 0.6 is 46.1 Å². The fourth-order valence-electron chi connectivity index (χ4n) is 1.72. The van der Waals surface area contributed by atoms with Crippen molar-refractivity contribution in [3.8, 4) is 0 Å². The normalized spacial score (nSPS) is 13.8. The summed E-state index contributed by atoms with van der Waals surface area (Å²) >= 11 is 18.9. The van der Waals surface area contributed by atoms with Crippen LogP contribution in [0.1, 0.15) is 10.4 Å². The number of carbonyl (C=O) groups excluding carboxylic acids is 1. The Kier molecular flexibility index (Phi) is 4.19. The van der Waals surface area contributed by atoms with Crippen molar-refractivity contribution in [1.29, 1.82) is 0 Å². The van der Waals surface area contributed by atoms with Crippen LogP contribution in [0.2, 0.25) is 0 Å². The van der Waals surface area contributed by atoms with Crippen LogP contribution in [0.25, 0.3) is 10.1 Å². The van der Waals surface area contributed by atoms with Crippen LogP contribution in [-0.2, 0) is 0 Å². The number of nitrogens with one attached hydrogen (secondary N) is 1. The van der Waals surface area contributed by atoms with E-state index in [-0.39, 0.29) is 5.78 Å². The number of likely N-dealkylation sites (N-methyl/N-ethyl adjacent to an activating group) is 1. The van der Waals surface area contributed by atoms with Gasteiger partial charge in [0, 0.05) is 10.3 Å². The van der Waals surface area contributed by atoms with E-state index in [0.717, 1.165) is 10.1 Å². The molecule has 0 saturated heterocycles. The van der Waals surface area contributed by atoms with Gasteiger partial charge in [-0.1, -0.05) is 46.9 Å². The third kappa shape index (κ3) is 2.81. The van der Waals surface area contributed by atoms with Gasteiger partial charge >= 0.3 is 0 Å². The van der Waals surface area contributed by atoms with Gasteiger partial charge in [-0.15, -0.1) is 11.3 Å². The number of ketones is 1. The van der Waals surface area contributed by atoms with E-state index in [2.05, 4.69) is 5.32 Å². The average Bonchev–Trinajstić information content (AvgIpc) is 2.74. The lowest BCUT2D eigenvalue weighted by Crippen LogP contribution is -2.44. The predicted octanol–water partition coefficient (Wildman–Crippen LogP) is 4.04. The Morgan fingerprint density at radius 1 is 1.33 bits per heavy atom.